The molecule has 0 saturated heterocycles. The Bertz CT molecular complexity index is 940. The molecule has 1 aromatic heterocycles. The Kier molecular flexibility index (Phi) is 5.57. The number of pyridine rings is 1. The summed E-state index contributed by atoms with van der Waals surface area (Å²) in [5, 5.41) is 2.82. The number of alkyl halides is 3. The Labute approximate surface area is 168 Å². The van der Waals surface area contributed by atoms with E-state index in [1.165, 1.54) is 28.7 Å². The molecule has 1 aliphatic heterocycles. The maximum atomic E-state index is 13.0. The van der Waals surface area contributed by atoms with Crippen molar-refractivity contribution in [1.82, 2.24) is 10.3 Å². The molecule has 0 spiro atoms. The number of aromatic nitrogens is 1. The second-order valence-electron chi connectivity index (χ2n) is 7.47. The minimum Gasteiger partial charge on any atom is -0.474 e. The highest BCUT2D eigenvalue weighted by molar-refractivity contribution is 7.86. The lowest BCUT2D eigenvalue weighted by Gasteiger charge is -2.29. The fourth-order valence-electron chi connectivity index (χ4n) is 2.67. The van der Waals surface area contributed by atoms with Crippen LogP contribution in [-0.2, 0) is 17.2 Å². The van der Waals surface area contributed by atoms with E-state index in [1.54, 1.807) is 0 Å². The van der Waals surface area contributed by atoms with Gasteiger partial charge >= 0.3 is 6.18 Å². The zero-order valence-electron chi connectivity index (χ0n) is 16.0. The lowest BCUT2D eigenvalue weighted by molar-refractivity contribution is -0.137. The van der Waals surface area contributed by atoms with E-state index in [0.717, 1.165) is 12.1 Å². The van der Waals surface area contributed by atoms with Gasteiger partial charge in [-0.05, 0) is 51.1 Å². The molecule has 1 aromatic carbocycles. The number of fused-ring (bicyclic) bond motifs is 1. The summed E-state index contributed by atoms with van der Waals surface area (Å²) in [5.41, 5.74) is -0.662. The molecule has 6 nitrogen and oxygen atoms in total. The van der Waals surface area contributed by atoms with Gasteiger partial charge in [-0.3, -0.25) is 9.10 Å². The number of carbonyl (C=O) groups is 1. The quantitative estimate of drug-likeness (QED) is 0.813. The Morgan fingerprint density at radius 3 is 2.45 bits per heavy atom. The lowest BCUT2D eigenvalue weighted by atomic mass is 10.1. The number of ether oxygens (including phenoxy) is 1. The minimum atomic E-state index is -4.47. The SMILES string of the molecule is CC(C)(C)NC(=O)c1cnc2c(c1)N(S(=O)c1ccc(C(F)(F)F)cc1)CCO2. The van der Waals surface area contributed by atoms with E-state index in [2.05, 4.69) is 10.3 Å². The van der Waals surface area contributed by atoms with Crippen LogP contribution in [0.25, 0.3) is 0 Å². The van der Waals surface area contributed by atoms with Crippen molar-refractivity contribution in [1.29, 1.82) is 0 Å². The van der Waals surface area contributed by atoms with Crippen LogP contribution < -0.4 is 14.4 Å². The highest BCUT2D eigenvalue weighted by Gasteiger charge is 2.31. The molecule has 1 unspecified atom stereocenters. The lowest BCUT2D eigenvalue weighted by Crippen LogP contribution is -2.41. The average molecular weight is 427 g/mol. The van der Waals surface area contributed by atoms with Crippen molar-refractivity contribution in [3.63, 3.8) is 0 Å². The Morgan fingerprint density at radius 2 is 1.86 bits per heavy atom. The van der Waals surface area contributed by atoms with Gasteiger partial charge in [0.05, 0.1) is 22.6 Å². The van der Waals surface area contributed by atoms with Gasteiger partial charge < -0.3 is 10.1 Å². The van der Waals surface area contributed by atoms with Gasteiger partial charge in [0.2, 0.25) is 5.88 Å². The van der Waals surface area contributed by atoms with Crippen molar-refractivity contribution in [3.8, 4) is 5.88 Å². The highest BCUT2D eigenvalue weighted by atomic mass is 32.2. The topological polar surface area (TPSA) is 71.5 Å². The molecule has 156 valence electrons. The van der Waals surface area contributed by atoms with E-state index in [-0.39, 0.29) is 35.4 Å². The predicted molar refractivity (Wildman–Crippen MR) is 102 cm³/mol. The van der Waals surface area contributed by atoms with Crippen molar-refractivity contribution in [2.45, 2.75) is 37.4 Å². The van der Waals surface area contributed by atoms with Gasteiger partial charge in [0.15, 0.2) is 11.0 Å². The molecule has 29 heavy (non-hydrogen) atoms. The van der Waals surface area contributed by atoms with Crippen LogP contribution in [0.1, 0.15) is 36.7 Å². The van der Waals surface area contributed by atoms with Crippen LogP contribution in [0.4, 0.5) is 18.9 Å². The number of benzene rings is 1. The molecule has 0 fully saturated rings. The third kappa shape index (κ3) is 4.87. The van der Waals surface area contributed by atoms with Crippen molar-refractivity contribution in [2.75, 3.05) is 17.5 Å². The summed E-state index contributed by atoms with van der Waals surface area (Å²) in [5.74, 6) is -0.137. The van der Waals surface area contributed by atoms with Crippen LogP contribution in [0.3, 0.4) is 0 Å². The molecule has 1 atom stereocenters. The number of halogens is 3. The molecule has 0 radical (unpaired) electrons. The molecule has 0 bridgehead atoms. The molecule has 1 amide bonds. The van der Waals surface area contributed by atoms with E-state index in [4.69, 9.17) is 4.74 Å². The molecule has 1 aliphatic rings. The maximum Gasteiger partial charge on any atom is 0.416 e. The van der Waals surface area contributed by atoms with Crippen LogP contribution in [-0.4, -0.2) is 33.8 Å². The minimum absolute atomic E-state index is 0.204. The molecule has 2 heterocycles. The smallest absolute Gasteiger partial charge is 0.416 e. The molecule has 10 heteroatoms. The van der Waals surface area contributed by atoms with E-state index < -0.39 is 28.3 Å². The molecule has 3 rings (SSSR count). The number of hydrogen-bond donors (Lipinski definition) is 1. The van der Waals surface area contributed by atoms with Gasteiger partial charge in [0.25, 0.3) is 5.91 Å². The summed E-state index contributed by atoms with van der Waals surface area (Å²) in [6.07, 6.45) is -3.10. The normalized spacial score (nSPS) is 15.3. The number of nitrogens with one attached hydrogen (secondary N) is 1. The highest BCUT2D eigenvalue weighted by Crippen LogP contribution is 2.34. The molecule has 1 N–H and O–H groups in total. The number of anilines is 1. The number of hydrogen-bond acceptors (Lipinski definition) is 4. The second kappa shape index (κ2) is 7.66. The molecular formula is C19H20F3N3O3S. The van der Waals surface area contributed by atoms with Gasteiger partial charge in [-0.2, -0.15) is 13.2 Å². The number of rotatable bonds is 3. The predicted octanol–water partition coefficient (Wildman–Crippen LogP) is 3.55. The first kappa shape index (κ1) is 21.1. The van der Waals surface area contributed by atoms with Gasteiger partial charge in [-0.1, -0.05) is 0 Å². The molecule has 2 aromatic rings. The number of amides is 1. The molecular weight excluding hydrogens is 407 g/mol. The van der Waals surface area contributed by atoms with Crippen molar-refractivity contribution in [2.24, 2.45) is 0 Å². The Balaban J connectivity index is 1.90. The zero-order valence-corrected chi connectivity index (χ0v) is 16.9. The average Bonchev–Trinajstić information content (AvgIpc) is 2.64. The second-order valence-corrected chi connectivity index (χ2v) is 8.88. The Hall–Kier alpha value is -2.62. The van der Waals surface area contributed by atoms with E-state index in [1.807, 2.05) is 20.8 Å². The maximum absolute atomic E-state index is 13.0. The number of nitrogens with zero attached hydrogens (tertiary/aromatic N) is 2. The van der Waals surface area contributed by atoms with E-state index >= 15 is 0 Å². The van der Waals surface area contributed by atoms with Crippen molar-refractivity contribution >= 4 is 22.6 Å². The summed E-state index contributed by atoms with van der Waals surface area (Å²) in [7, 11) is -1.79. The zero-order chi connectivity index (χ0) is 21.4. The van der Waals surface area contributed by atoms with Gasteiger partial charge in [-0.25, -0.2) is 9.19 Å². The van der Waals surface area contributed by atoms with Crippen LogP contribution in [0.5, 0.6) is 5.88 Å². The third-order valence-corrected chi connectivity index (χ3v) is 5.42. The fourth-order valence-corrected chi connectivity index (χ4v) is 3.85. The largest absolute Gasteiger partial charge is 0.474 e. The number of carbonyl (C=O) groups excluding carboxylic acids is 1. The first-order chi connectivity index (χ1) is 13.5. The Morgan fingerprint density at radius 1 is 1.21 bits per heavy atom. The summed E-state index contributed by atoms with van der Waals surface area (Å²) in [6, 6.07) is 5.65. The first-order valence-electron chi connectivity index (χ1n) is 8.78. The standard InChI is InChI=1S/C19H20F3N3O3S/c1-18(2,3)24-16(26)12-10-15-17(23-11-12)28-9-8-25(15)29(27)14-6-4-13(5-7-14)19(20,21)22/h4-7,10-11H,8-9H2,1-3H3,(H,24,26). The summed E-state index contributed by atoms with van der Waals surface area (Å²) < 4.78 is 58.2. The van der Waals surface area contributed by atoms with E-state index in [0.29, 0.717) is 5.69 Å². The van der Waals surface area contributed by atoms with Gasteiger partial charge in [-0.15, -0.1) is 0 Å². The van der Waals surface area contributed by atoms with E-state index in [9.17, 15) is 22.2 Å². The van der Waals surface area contributed by atoms with Crippen molar-refractivity contribution < 1.29 is 26.9 Å². The van der Waals surface area contributed by atoms with Crippen LogP contribution in [0.15, 0.2) is 41.4 Å². The summed E-state index contributed by atoms with van der Waals surface area (Å²) in [4.78, 5) is 16.8. The van der Waals surface area contributed by atoms with Gasteiger partial charge in [0.1, 0.15) is 12.3 Å². The summed E-state index contributed by atoms with van der Waals surface area (Å²) >= 11 is 0. The van der Waals surface area contributed by atoms with Crippen LogP contribution >= 0.6 is 0 Å². The monoisotopic (exact) mass is 427 g/mol. The van der Waals surface area contributed by atoms with Gasteiger partial charge in [0, 0.05) is 11.7 Å². The van der Waals surface area contributed by atoms with Crippen molar-refractivity contribution in [3.05, 3.63) is 47.7 Å². The first-order valence-corrected chi connectivity index (χ1v) is 9.88. The van der Waals surface area contributed by atoms with Crippen LogP contribution in [0, 0.1) is 0 Å². The summed E-state index contributed by atoms with van der Waals surface area (Å²) in [6.45, 7) is 5.95. The fraction of sp³-hybridized carbons (Fsp3) is 0.368. The molecule has 0 saturated carbocycles. The molecule has 0 aliphatic carbocycles. The van der Waals surface area contributed by atoms with Crippen LogP contribution in [0.2, 0.25) is 0 Å². The third-order valence-electron chi connectivity index (χ3n) is 3.97.